The predicted octanol–water partition coefficient (Wildman–Crippen LogP) is 3.99. The monoisotopic (exact) mass is 357 g/mol. The Hall–Kier alpha value is -2.80. The summed E-state index contributed by atoms with van der Waals surface area (Å²) in [7, 11) is 1.47. The molecule has 0 fully saturated rings. The lowest BCUT2D eigenvalue weighted by atomic mass is 10.3. The number of halogens is 1. The third-order valence-corrected chi connectivity index (χ3v) is 4.26. The molecule has 1 aromatic heterocycles. The Bertz CT molecular complexity index is 894. The van der Waals surface area contributed by atoms with E-state index in [9.17, 15) is 9.18 Å². The number of hydrogen-bond acceptors (Lipinski definition) is 4. The zero-order chi connectivity index (χ0) is 17.8. The van der Waals surface area contributed by atoms with Gasteiger partial charge >= 0.3 is 0 Å². The summed E-state index contributed by atoms with van der Waals surface area (Å²) in [5.74, 6) is -0.381. The van der Waals surface area contributed by atoms with Crippen LogP contribution < -0.4 is 10.1 Å². The number of aromatic nitrogens is 2. The van der Waals surface area contributed by atoms with E-state index in [1.807, 2.05) is 24.5 Å². The number of nitrogens with zero attached hydrogens (tertiary/aromatic N) is 2. The maximum absolute atomic E-state index is 13.1. The highest BCUT2D eigenvalue weighted by Gasteiger charge is 2.18. The standard InChI is InChI=1S/C18H16FN3O2S/c1-24-16-11-22(14-8-6-12(19)7-9-14)21-17(16)18(23)20-13-4-3-5-15(10-13)25-2/h3-11H,1-2H3,(H,20,23). The molecule has 1 heterocycles. The second-order valence-electron chi connectivity index (χ2n) is 5.15. The molecular formula is C18H16FN3O2S. The lowest BCUT2D eigenvalue weighted by Crippen LogP contribution is -2.14. The van der Waals surface area contributed by atoms with Gasteiger partial charge in [0, 0.05) is 10.6 Å². The molecule has 128 valence electrons. The summed E-state index contributed by atoms with van der Waals surface area (Å²) in [5, 5.41) is 7.09. The molecule has 1 N–H and O–H groups in total. The molecule has 3 aromatic rings. The zero-order valence-electron chi connectivity index (χ0n) is 13.7. The topological polar surface area (TPSA) is 56.2 Å². The van der Waals surface area contributed by atoms with Crippen LogP contribution in [0.4, 0.5) is 10.1 Å². The number of benzene rings is 2. The maximum Gasteiger partial charge on any atom is 0.280 e. The molecule has 0 aliphatic carbocycles. The lowest BCUT2D eigenvalue weighted by molar-refractivity contribution is 0.101. The van der Waals surface area contributed by atoms with Crippen LogP contribution in [0.25, 0.3) is 5.69 Å². The van der Waals surface area contributed by atoms with E-state index < -0.39 is 0 Å². The minimum absolute atomic E-state index is 0.154. The van der Waals surface area contributed by atoms with Gasteiger partial charge in [0.2, 0.25) is 0 Å². The van der Waals surface area contributed by atoms with E-state index in [2.05, 4.69) is 10.4 Å². The first-order chi connectivity index (χ1) is 12.1. The van der Waals surface area contributed by atoms with Crippen molar-refractivity contribution in [3.05, 3.63) is 66.2 Å². The predicted molar refractivity (Wildman–Crippen MR) is 96.3 cm³/mol. The number of carbonyl (C=O) groups is 1. The molecule has 5 nitrogen and oxygen atoms in total. The highest BCUT2D eigenvalue weighted by atomic mass is 32.2. The maximum atomic E-state index is 13.1. The first-order valence-corrected chi connectivity index (χ1v) is 8.68. The molecule has 3 rings (SSSR count). The molecule has 0 saturated carbocycles. The summed E-state index contributed by atoms with van der Waals surface area (Å²) in [6.45, 7) is 0. The van der Waals surface area contributed by atoms with Crippen LogP contribution in [-0.2, 0) is 0 Å². The number of nitrogens with one attached hydrogen (secondary N) is 1. The summed E-state index contributed by atoms with van der Waals surface area (Å²) in [6, 6.07) is 13.3. The van der Waals surface area contributed by atoms with Crippen LogP contribution in [0.15, 0.2) is 59.6 Å². The van der Waals surface area contributed by atoms with Crippen molar-refractivity contribution in [2.24, 2.45) is 0 Å². The average Bonchev–Trinajstić information content (AvgIpc) is 3.07. The first kappa shape index (κ1) is 17.0. The van der Waals surface area contributed by atoms with E-state index in [0.29, 0.717) is 17.1 Å². The smallest absolute Gasteiger partial charge is 0.280 e. The molecule has 0 bridgehead atoms. The minimum atomic E-state index is -0.379. The van der Waals surface area contributed by atoms with Crippen molar-refractivity contribution >= 4 is 23.4 Å². The Morgan fingerprint density at radius 3 is 2.68 bits per heavy atom. The van der Waals surface area contributed by atoms with Gasteiger partial charge in [0.05, 0.1) is 19.0 Å². The summed E-state index contributed by atoms with van der Waals surface area (Å²) < 4.78 is 19.8. The number of thioether (sulfide) groups is 1. The van der Waals surface area contributed by atoms with Crippen molar-refractivity contribution in [3.63, 3.8) is 0 Å². The van der Waals surface area contributed by atoms with Crippen molar-refractivity contribution in [2.45, 2.75) is 4.90 Å². The second-order valence-corrected chi connectivity index (χ2v) is 6.03. The molecule has 1 amide bonds. The molecular weight excluding hydrogens is 341 g/mol. The number of anilines is 1. The SMILES string of the molecule is COc1cn(-c2ccc(F)cc2)nc1C(=O)Nc1cccc(SC)c1. The third kappa shape index (κ3) is 3.83. The Balaban J connectivity index is 1.87. The van der Waals surface area contributed by atoms with Crippen molar-refractivity contribution in [1.29, 1.82) is 0 Å². The number of hydrogen-bond donors (Lipinski definition) is 1. The van der Waals surface area contributed by atoms with Crippen LogP contribution in [0.1, 0.15) is 10.5 Å². The summed E-state index contributed by atoms with van der Waals surface area (Å²) >= 11 is 1.59. The molecule has 0 spiro atoms. The van der Waals surface area contributed by atoms with Gasteiger partial charge < -0.3 is 10.1 Å². The minimum Gasteiger partial charge on any atom is -0.493 e. The summed E-state index contributed by atoms with van der Waals surface area (Å²) in [5.41, 5.74) is 1.46. The summed E-state index contributed by atoms with van der Waals surface area (Å²) in [6.07, 6.45) is 3.55. The fourth-order valence-corrected chi connectivity index (χ4v) is 2.74. The van der Waals surface area contributed by atoms with Crippen LogP contribution in [0.3, 0.4) is 0 Å². The van der Waals surface area contributed by atoms with Gasteiger partial charge in [0.25, 0.3) is 5.91 Å². The number of amides is 1. The largest absolute Gasteiger partial charge is 0.493 e. The van der Waals surface area contributed by atoms with Gasteiger partial charge in [-0.25, -0.2) is 9.07 Å². The first-order valence-electron chi connectivity index (χ1n) is 7.45. The average molecular weight is 357 g/mol. The van der Waals surface area contributed by atoms with Gasteiger partial charge in [-0.1, -0.05) is 6.07 Å². The molecule has 7 heteroatoms. The Kier molecular flexibility index (Phi) is 5.04. The van der Waals surface area contributed by atoms with Crippen molar-refractivity contribution in [2.75, 3.05) is 18.7 Å². The van der Waals surface area contributed by atoms with Crippen LogP contribution in [0.2, 0.25) is 0 Å². The molecule has 0 aliphatic heterocycles. The van der Waals surface area contributed by atoms with E-state index in [-0.39, 0.29) is 17.4 Å². The molecule has 0 unspecified atom stereocenters. The number of methoxy groups -OCH3 is 1. The number of ether oxygens (including phenoxy) is 1. The molecule has 2 aromatic carbocycles. The van der Waals surface area contributed by atoms with Gasteiger partial charge in [-0.15, -0.1) is 11.8 Å². The third-order valence-electron chi connectivity index (χ3n) is 3.53. The molecule has 0 radical (unpaired) electrons. The molecule has 25 heavy (non-hydrogen) atoms. The van der Waals surface area contributed by atoms with Gasteiger partial charge in [-0.05, 0) is 48.7 Å². The van der Waals surface area contributed by atoms with Gasteiger partial charge in [-0.3, -0.25) is 4.79 Å². The highest BCUT2D eigenvalue weighted by Crippen LogP contribution is 2.23. The molecule has 0 atom stereocenters. The van der Waals surface area contributed by atoms with Crippen LogP contribution in [0.5, 0.6) is 5.75 Å². The van der Waals surface area contributed by atoms with Crippen molar-refractivity contribution < 1.29 is 13.9 Å². The normalized spacial score (nSPS) is 10.5. The zero-order valence-corrected chi connectivity index (χ0v) is 14.5. The number of rotatable bonds is 5. The van der Waals surface area contributed by atoms with Crippen molar-refractivity contribution in [1.82, 2.24) is 9.78 Å². The van der Waals surface area contributed by atoms with E-state index in [0.717, 1.165) is 4.90 Å². The molecule has 0 aliphatic rings. The van der Waals surface area contributed by atoms with Gasteiger partial charge in [0.15, 0.2) is 11.4 Å². The highest BCUT2D eigenvalue weighted by molar-refractivity contribution is 7.98. The van der Waals surface area contributed by atoms with Crippen molar-refractivity contribution in [3.8, 4) is 11.4 Å². The quantitative estimate of drug-likeness (QED) is 0.702. The van der Waals surface area contributed by atoms with Crippen LogP contribution in [-0.4, -0.2) is 29.1 Å². The van der Waals surface area contributed by atoms with Crippen LogP contribution in [0, 0.1) is 5.82 Å². The van der Waals surface area contributed by atoms with E-state index in [1.54, 1.807) is 36.2 Å². The Labute approximate surface area is 148 Å². The van der Waals surface area contributed by atoms with E-state index in [1.165, 1.54) is 23.9 Å². The van der Waals surface area contributed by atoms with Gasteiger partial charge in [-0.2, -0.15) is 5.10 Å². The van der Waals surface area contributed by atoms with Crippen LogP contribution >= 0.6 is 11.8 Å². The lowest BCUT2D eigenvalue weighted by Gasteiger charge is -2.06. The fraction of sp³-hybridized carbons (Fsp3) is 0.111. The number of carbonyl (C=O) groups excluding carboxylic acids is 1. The Morgan fingerprint density at radius 2 is 2.00 bits per heavy atom. The fourth-order valence-electron chi connectivity index (χ4n) is 2.28. The van der Waals surface area contributed by atoms with E-state index in [4.69, 9.17) is 4.74 Å². The summed E-state index contributed by atoms with van der Waals surface area (Å²) in [4.78, 5) is 13.6. The Morgan fingerprint density at radius 1 is 1.24 bits per heavy atom. The second kappa shape index (κ2) is 7.40. The molecule has 0 saturated heterocycles. The van der Waals surface area contributed by atoms with Gasteiger partial charge in [0.1, 0.15) is 5.82 Å². The van der Waals surface area contributed by atoms with E-state index >= 15 is 0 Å².